The average Bonchev–Trinajstić information content (AvgIpc) is 1.95. The van der Waals surface area contributed by atoms with Crippen molar-refractivity contribution in [2.75, 3.05) is 6.61 Å². The van der Waals surface area contributed by atoms with Crippen LogP contribution >= 0.6 is 12.4 Å². The molecule has 0 saturated heterocycles. The summed E-state index contributed by atoms with van der Waals surface area (Å²) in [6, 6.07) is 0. The van der Waals surface area contributed by atoms with Crippen molar-refractivity contribution in [3.05, 3.63) is 0 Å². The van der Waals surface area contributed by atoms with Gasteiger partial charge < -0.3 is 9.94 Å². The highest BCUT2D eigenvalue weighted by Gasteiger charge is 2.18. The van der Waals surface area contributed by atoms with Crippen molar-refractivity contribution >= 4 is 12.4 Å². The zero-order valence-electron chi connectivity index (χ0n) is 6.53. The fourth-order valence-electron chi connectivity index (χ4n) is 1.45. The topological polar surface area (TPSA) is 55.5 Å². The number of aliphatic hydroxyl groups is 1. The maximum absolute atomic E-state index is 9.12. The van der Waals surface area contributed by atoms with Crippen LogP contribution in [0, 0.1) is 5.92 Å². The molecule has 1 aliphatic rings. The minimum absolute atomic E-state index is 0. The predicted molar refractivity (Wildman–Crippen MR) is 45.4 cm³/mol. The summed E-state index contributed by atoms with van der Waals surface area (Å²) in [7, 11) is 0. The average molecular weight is 182 g/mol. The molecule has 3 nitrogen and oxygen atoms in total. The minimum Gasteiger partial charge on any atom is -0.393 e. The number of nitrogens with two attached hydrogens (primary N) is 1. The van der Waals surface area contributed by atoms with E-state index in [1.165, 1.54) is 0 Å². The summed E-state index contributed by atoms with van der Waals surface area (Å²) in [5.41, 5.74) is 0. The van der Waals surface area contributed by atoms with Gasteiger partial charge in [0.05, 0.1) is 12.7 Å². The molecule has 0 atom stereocenters. The van der Waals surface area contributed by atoms with Gasteiger partial charge in [0.15, 0.2) is 0 Å². The van der Waals surface area contributed by atoms with E-state index in [1.807, 2.05) is 0 Å². The van der Waals surface area contributed by atoms with Crippen LogP contribution in [0.5, 0.6) is 0 Å². The Morgan fingerprint density at radius 3 is 2.27 bits per heavy atom. The van der Waals surface area contributed by atoms with Crippen LogP contribution in [0.25, 0.3) is 0 Å². The third-order valence-corrected chi connectivity index (χ3v) is 2.15. The predicted octanol–water partition coefficient (Wildman–Crippen LogP) is 0.850. The highest BCUT2D eigenvalue weighted by atomic mass is 35.5. The van der Waals surface area contributed by atoms with Crippen molar-refractivity contribution in [1.29, 1.82) is 0 Å². The summed E-state index contributed by atoms with van der Waals surface area (Å²) >= 11 is 0. The summed E-state index contributed by atoms with van der Waals surface area (Å²) in [4.78, 5) is 4.53. The number of hydrogen-bond acceptors (Lipinski definition) is 3. The Hall–Kier alpha value is 0.170. The monoisotopic (exact) mass is 181 g/mol. The van der Waals surface area contributed by atoms with Crippen LogP contribution in [0.15, 0.2) is 0 Å². The Morgan fingerprint density at radius 1 is 1.27 bits per heavy atom. The van der Waals surface area contributed by atoms with Gasteiger partial charge in [-0.15, -0.1) is 12.4 Å². The van der Waals surface area contributed by atoms with Gasteiger partial charge in [0.25, 0.3) is 0 Å². The van der Waals surface area contributed by atoms with Crippen molar-refractivity contribution < 1.29 is 9.94 Å². The highest BCUT2D eigenvalue weighted by molar-refractivity contribution is 5.85. The Balaban J connectivity index is 0.000001000. The molecule has 0 unspecified atom stereocenters. The van der Waals surface area contributed by atoms with Gasteiger partial charge in [0.1, 0.15) is 0 Å². The molecule has 1 rings (SSSR count). The van der Waals surface area contributed by atoms with E-state index in [0.29, 0.717) is 12.5 Å². The lowest BCUT2D eigenvalue weighted by Crippen LogP contribution is -2.22. The Bertz CT molecular complexity index is 94.4. The molecule has 68 valence electrons. The smallest absolute Gasteiger partial charge is 0.0707 e. The van der Waals surface area contributed by atoms with Gasteiger partial charge in [0, 0.05) is 0 Å². The maximum atomic E-state index is 9.12. The third-order valence-electron chi connectivity index (χ3n) is 2.15. The summed E-state index contributed by atoms with van der Waals surface area (Å²) in [6.45, 7) is 0.646. The van der Waals surface area contributed by atoms with E-state index in [2.05, 4.69) is 4.84 Å². The molecule has 0 radical (unpaired) electrons. The number of halogens is 1. The molecule has 3 N–H and O–H groups in total. The molecule has 11 heavy (non-hydrogen) atoms. The first-order chi connectivity index (χ1) is 4.83. The molecule has 0 bridgehead atoms. The normalized spacial score (nSPS) is 31.1. The van der Waals surface area contributed by atoms with Crippen molar-refractivity contribution in [3.8, 4) is 0 Å². The van der Waals surface area contributed by atoms with E-state index in [-0.39, 0.29) is 18.5 Å². The molecule has 0 aromatic carbocycles. The van der Waals surface area contributed by atoms with Crippen molar-refractivity contribution in [2.45, 2.75) is 31.8 Å². The molecule has 0 aromatic rings. The maximum Gasteiger partial charge on any atom is 0.0707 e. The van der Waals surface area contributed by atoms with Crippen LogP contribution in [-0.2, 0) is 4.84 Å². The van der Waals surface area contributed by atoms with E-state index < -0.39 is 0 Å². The van der Waals surface area contributed by atoms with Gasteiger partial charge in [-0.25, -0.2) is 5.90 Å². The zero-order valence-corrected chi connectivity index (χ0v) is 7.35. The molecule has 0 amide bonds. The lowest BCUT2D eigenvalue weighted by atomic mass is 9.88. The van der Waals surface area contributed by atoms with Crippen LogP contribution in [0.3, 0.4) is 0 Å². The third kappa shape index (κ3) is 3.91. The summed E-state index contributed by atoms with van der Waals surface area (Å²) in [5, 5.41) is 9.12. The second-order valence-electron chi connectivity index (χ2n) is 3.01. The van der Waals surface area contributed by atoms with Crippen molar-refractivity contribution in [2.24, 2.45) is 11.8 Å². The van der Waals surface area contributed by atoms with Crippen LogP contribution in [0.1, 0.15) is 25.7 Å². The zero-order chi connectivity index (χ0) is 7.40. The molecule has 1 aliphatic carbocycles. The Kier molecular flexibility index (Phi) is 5.86. The van der Waals surface area contributed by atoms with Gasteiger partial charge >= 0.3 is 0 Å². The lowest BCUT2D eigenvalue weighted by molar-refractivity contribution is 0.0515. The van der Waals surface area contributed by atoms with E-state index in [1.54, 1.807) is 0 Å². The quantitative estimate of drug-likeness (QED) is 0.621. The van der Waals surface area contributed by atoms with Crippen LogP contribution < -0.4 is 5.90 Å². The van der Waals surface area contributed by atoms with Crippen LogP contribution in [-0.4, -0.2) is 17.8 Å². The first-order valence-electron chi connectivity index (χ1n) is 3.82. The molecule has 0 aromatic heterocycles. The standard InChI is InChI=1S/C7H15NO2.ClH/c8-10-5-6-1-3-7(9)4-2-6;/h6-7,9H,1-5,8H2;1H/t6-,7+;. The largest absolute Gasteiger partial charge is 0.393 e. The van der Waals surface area contributed by atoms with Crippen molar-refractivity contribution in [1.82, 2.24) is 0 Å². The van der Waals surface area contributed by atoms with E-state index in [4.69, 9.17) is 11.0 Å². The molecule has 1 fully saturated rings. The molecule has 0 aliphatic heterocycles. The SMILES string of the molecule is Cl.NOC[C@H]1CC[C@@H](O)CC1. The molecular weight excluding hydrogens is 166 g/mol. The van der Waals surface area contributed by atoms with Gasteiger partial charge in [0.2, 0.25) is 0 Å². The molecule has 1 saturated carbocycles. The second kappa shape index (κ2) is 5.77. The number of hydrogen-bond donors (Lipinski definition) is 2. The fraction of sp³-hybridized carbons (Fsp3) is 1.00. The van der Waals surface area contributed by atoms with E-state index >= 15 is 0 Å². The summed E-state index contributed by atoms with van der Waals surface area (Å²) < 4.78 is 0. The summed E-state index contributed by atoms with van der Waals surface area (Å²) in [5.74, 6) is 5.51. The summed E-state index contributed by atoms with van der Waals surface area (Å²) in [6.07, 6.45) is 3.85. The van der Waals surface area contributed by atoms with Gasteiger partial charge in [-0.1, -0.05) is 0 Å². The van der Waals surface area contributed by atoms with Gasteiger partial charge in [-0.3, -0.25) is 0 Å². The Morgan fingerprint density at radius 2 is 1.82 bits per heavy atom. The Labute approximate surface area is 73.3 Å². The first kappa shape index (κ1) is 11.2. The fourth-order valence-corrected chi connectivity index (χ4v) is 1.45. The minimum atomic E-state index is -0.0750. The highest BCUT2D eigenvalue weighted by Crippen LogP contribution is 2.23. The first-order valence-corrected chi connectivity index (χ1v) is 3.82. The van der Waals surface area contributed by atoms with Crippen molar-refractivity contribution in [3.63, 3.8) is 0 Å². The number of rotatable bonds is 2. The number of aliphatic hydroxyl groups excluding tert-OH is 1. The second-order valence-corrected chi connectivity index (χ2v) is 3.01. The lowest BCUT2D eigenvalue weighted by Gasteiger charge is -2.23. The van der Waals surface area contributed by atoms with Crippen LogP contribution in [0.4, 0.5) is 0 Å². The molecule has 4 heteroatoms. The molecule has 0 heterocycles. The van der Waals surface area contributed by atoms with E-state index in [0.717, 1.165) is 25.7 Å². The van der Waals surface area contributed by atoms with E-state index in [9.17, 15) is 0 Å². The van der Waals surface area contributed by atoms with Crippen LogP contribution in [0.2, 0.25) is 0 Å². The van der Waals surface area contributed by atoms with Gasteiger partial charge in [-0.05, 0) is 31.6 Å². The molecule has 0 spiro atoms. The van der Waals surface area contributed by atoms with Gasteiger partial charge in [-0.2, -0.15) is 0 Å². The molecular formula is C7H16ClNO2.